The Labute approximate surface area is 377 Å². The fraction of sp³-hybridized carbons (Fsp3) is 0. The number of rotatable bonds is 4. The molecule has 0 atom stereocenters. The first-order valence-corrected chi connectivity index (χ1v) is 18.0. The molecule has 6 nitrogen and oxygen atoms in total. The fourth-order valence-electron chi connectivity index (χ4n) is 7.31. The maximum absolute atomic E-state index is 15.8. The fourth-order valence-corrected chi connectivity index (χ4v) is 7.31. The minimum absolute atomic E-state index is 0. The Morgan fingerprint density at radius 2 is 0.585 bits per heavy atom. The van der Waals surface area contributed by atoms with Crippen molar-refractivity contribution in [1.82, 2.24) is 19.9 Å². The Kier molecular flexibility index (Phi) is 13.1. The maximum Gasteiger partial charge on any atom is 4.00 e. The van der Waals surface area contributed by atoms with E-state index in [0.717, 1.165) is 0 Å². The zero-order valence-electron chi connectivity index (χ0n) is 32.4. The number of terminal acetylenes is 2. The van der Waals surface area contributed by atoms with Gasteiger partial charge in [-0.2, -0.15) is 0 Å². The van der Waals surface area contributed by atoms with Gasteiger partial charge in [0.05, 0.1) is 33.9 Å². The van der Waals surface area contributed by atoms with Crippen LogP contribution < -0.4 is 9.97 Å². The van der Waals surface area contributed by atoms with E-state index in [4.69, 9.17) is 12.8 Å². The third kappa shape index (κ3) is 7.65. The van der Waals surface area contributed by atoms with Gasteiger partial charge in [-0.3, -0.25) is 0 Å². The summed E-state index contributed by atoms with van der Waals surface area (Å²) in [6.45, 7) is 0. The smallest absolute Gasteiger partial charge is 0.870 e. The topological polar surface area (TPSA) is 114 Å². The van der Waals surface area contributed by atoms with E-state index in [2.05, 4.69) is 31.8 Å². The van der Waals surface area contributed by atoms with Crippen molar-refractivity contribution >= 4 is 70.3 Å². The van der Waals surface area contributed by atoms with Gasteiger partial charge >= 0.3 is 23.9 Å². The molecule has 2 aliphatic rings. The van der Waals surface area contributed by atoms with E-state index in [1.165, 1.54) is 48.6 Å². The number of benzene rings is 4. The molecule has 4 aromatic carbocycles. The summed E-state index contributed by atoms with van der Waals surface area (Å²) < 4.78 is 152. The maximum atomic E-state index is 15.8. The molecule has 0 saturated carbocycles. The van der Waals surface area contributed by atoms with Gasteiger partial charge in [0.2, 0.25) is 11.6 Å². The second-order valence-corrected chi connectivity index (χ2v) is 13.7. The van der Waals surface area contributed by atoms with E-state index >= 15 is 17.6 Å². The van der Waals surface area contributed by atoms with Crippen LogP contribution in [0.5, 0.6) is 0 Å². The van der Waals surface area contributed by atoms with Crippen LogP contribution in [0.25, 0.3) is 90.9 Å². The predicted octanol–water partition coefficient (Wildman–Crippen LogP) is 11.2. The first-order valence-electron chi connectivity index (χ1n) is 18.0. The molecule has 9 rings (SSSR count). The molecule has 5 heterocycles. The summed E-state index contributed by atoms with van der Waals surface area (Å²) in [7, 11) is 0. The van der Waals surface area contributed by atoms with Crippen LogP contribution in [0.1, 0.15) is 33.9 Å². The van der Waals surface area contributed by atoms with Gasteiger partial charge in [0.1, 0.15) is 0 Å². The molecular weight excluding hydrogens is 973 g/mol. The monoisotopic (exact) mass is 994 g/mol. The molecule has 318 valence electrons. The summed E-state index contributed by atoms with van der Waals surface area (Å²) in [5.74, 6) is -17.4. The molecule has 0 radical (unpaired) electrons. The molecule has 8 bridgehead atoms. The van der Waals surface area contributed by atoms with Gasteiger partial charge in [-0.25, -0.2) is 53.9 Å². The molecule has 0 fully saturated rings. The molecule has 0 unspecified atom stereocenters. The van der Waals surface area contributed by atoms with Crippen molar-refractivity contribution in [2.24, 2.45) is 0 Å². The molecule has 0 aliphatic carbocycles. The SMILES string of the molecule is C#Cc1ccc(-c2c3nc(c(-c4c(F)c(F)c(F)c(F)c4F)c4ccc([n-]4)c(-c4ccc(C#C)cc4)c4nc(c(-c5c(F)c(F)c(F)c(F)c5F)c5ccc2[n-]5)C=C4)C=C3)cc1.[OH-].[OH-].[Sn+4]. The van der Waals surface area contributed by atoms with Gasteiger partial charge in [-0.15, -0.1) is 34.9 Å². The van der Waals surface area contributed by atoms with Crippen LogP contribution in [0, 0.1) is 82.9 Å². The summed E-state index contributed by atoms with van der Waals surface area (Å²) >= 11 is 0. The zero-order chi connectivity index (χ0) is 43.7. The van der Waals surface area contributed by atoms with Crippen LogP contribution in [0.4, 0.5) is 43.9 Å². The average Bonchev–Trinajstić information content (AvgIpc) is 4.14. The van der Waals surface area contributed by atoms with Crippen molar-refractivity contribution in [2.75, 3.05) is 0 Å². The molecule has 7 aromatic rings. The average molecular weight is 993 g/mol. The molecule has 3 aromatic heterocycles. The van der Waals surface area contributed by atoms with E-state index in [1.54, 1.807) is 48.5 Å². The Bertz CT molecular complexity index is 3150. The van der Waals surface area contributed by atoms with Gasteiger partial charge in [-0.05, 0) is 82.0 Å². The summed E-state index contributed by atoms with van der Waals surface area (Å²) in [6, 6.07) is 17.6. The second-order valence-electron chi connectivity index (χ2n) is 13.7. The van der Waals surface area contributed by atoms with Crippen molar-refractivity contribution in [3.05, 3.63) is 165 Å². The summed E-state index contributed by atoms with van der Waals surface area (Å²) in [4.78, 5) is 18.4. The van der Waals surface area contributed by atoms with Crippen molar-refractivity contribution in [2.45, 2.75) is 0 Å². The Morgan fingerprint density at radius 1 is 0.338 bits per heavy atom. The first-order chi connectivity index (χ1) is 29.8. The third-order valence-corrected chi connectivity index (χ3v) is 10.2. The van der Waals surface area contributed by atoms with Gasteiger partial charge in [0.15, 0.2) is 46.5 Å². The molecule has 2 N–H and O–H groups in total. The van der Waals surface area contributed by atoms with Gasteiger partial charge in [0.25, 0.3) is 0 Å². The number of fused-ring (bicyclic) bond motifs is 8. The minimum atomic E-state index is -2.39. The minimum Gasteiger partial charge on any atom is -0.870 e. The van der Waals surface area contributed by atoms with Crippen molar-refractivity contribution in [3.63, 3.8) is 0 Å². The van der Waals surface area contributed by atoms with Crippen LogP contribution in [0.15, 0.2) is 72.8 Å². The standard InChI is InChI=1S/C48H18F10N4.2H2O.Sn/c1-3-21-5-9-23(10-6-21)33-25-13-17-29(59-25)35(37-39(49)43(53)47(57)44(54)40(37)50)31-19-15-27(61-31)34(24-11-7-22(4-2)8-12-24)28-16-20-32(62-28)36(30-18-14-26(33)60-30)38-41(51)45(55)48(58)46(56)42(38)52;;;/h1-2,5-20H;2*1H2;/q-2;;;+4/p-2. The normalized spacial score (nSPS) is 11.3. The number of aromatic nitrogens is 4. The molecule has 0 amide bonds. The van der Waals surface area contributed by atoms with Gasteiger partial charge in [-0.1, -0.05) is 60.4 Å². The largest absolute Gasteiger partial charge is 4.00 e. The van der Waals surface area contributed by atoms with E-state index < -0.39 is 80.4 Å². The first kappa shape index (κ1) is 47.1. The van der Waals surface area contributed by atoms with Crippen molar-refractivity contribution in [1.29, 1.82) is 0 Å². The zero-order valence-corrected chi connectivity index (χ0v) is 35.2. The van der Waals surface area contributed by atoms with E-state index in [0.29, 0.717) is 22.3 Å². The van der Waals surface area contributed by atoms with Crippen molar-refractivity contribution in [3.8, 4) is 69.2 Å². The van der Waals surface area contributed by atoms with Gasteiger partial charge < -0.3 is 20.9 Å². The summed E-state index contributed by atoms with van der Waals surface area (Å²) in [5, 5.41) is 0. The van der Waals surface area contributed by atoms with Crippen LogP contribution >= 0.6 is 0 Å². The quantitative estimate of drug-likeness (QED) is 0.0570. The molecule has 17 heteroatoms. The van der Waals surface area contributed by atoms with Crippen LogP contribution in [0.3, 0.4) is 0 Å². The molecule has 0 saturated heterocycles. The summed E-state index contributed by atoms with van der Waals surface area (Å²) in [6.07, 6.45) is 16.3. The number of nitrogens with zero attached hydrogens (tertiary/aromatic N) is 4. The van der Waals surface area contributed by atoms with Crippen molar-refractivity contribution < 1.29 is 54.9 Å². The Hall–Kier alpha value is -7.38. The number of hydrogen-bond donors (Lipinski definition) is 0. The summed E-state index contributed by atoms with van der Waals surface area (Å²) in [5.41, 5.74) is -3.32. The van der Waals surface area contributed by atoms with Crippen LogP contribution in [-0.4, -0.2) is 44.8 Å². The van der Waals surface area contributed by atoms with Crippen LogP contribution in [0.2, 0.25) is 0 Å². The molecule has 65 heavy (non-hydrogen) atoms. The predicted molar refractivity (Wildman–Crippen MR) is 224 cm³/mol. The number of halogens is 10. The molecular formula is C48H20F10N4O2Sn. The van der Waals surface area contributed by atoms with Gasteiger partial charge in [0, 0.05) is 11.1 Å². The van der Waals surface area contributed by atoms with E-state index in [-0.39, 0.29) is 90.8 Å². The van der Waals surface area contributed by atoms with E-state index in [9.17, 15) is 26.3 Å². The second kappa shape index (κ2) is 18.0. The Morgan fingerprint density at radius 3 is 0.862 bits per heavy atom. The van der Waals surface area contributed by atoms with Crippen LogP contribution in [-0.2, 0) is 0 Å². The molecule has 0 spiro atoms. The molecule has 2 aliphatic heterocycles. The third-order valence-electron chi connectivity index (χ3n) is 10.2. The number of hydrogen-bond acceptors (Lipinski definition) is 4. The Balaban J connectivity index is 0.00000233. The van der Waals surface area contributed by atoms with E-state index in [1.807, 2.05) is 0 Å².